The molecule has 7 heteroatoms. The minimum absolute atomic E-state index is 0.0897. The van der Waals surface area contributed by atoms with Crippen molar-refractivity contribution in [1.29, 1.82) is 0 Å². The summed E-state index contributed by atoms with van der Waals surface area (Å²) in [4.78, 5) is 27.9. The molecule has 0 bridgehead atoms. The van der Waals surface area contributed by atoms with Crippen LogP contribution in [0.25, 0.3) is 0 Å². The summed E-state index contributed by atoms with van der Waals surface area (Å²) in [5, 5.41) is 3.32. The van der Waals surface area contributed by atoms with E-state index in [0.717, 1.165) is 36.6 Å². The Morgan fingerprint density at radius 3 is 2.52 bits per heavy atom. The third kappa shape index (κ3) is 5.17. The Bertz CT molecular complexity index is 820. The normalized spacial score (nSPS) is 13.5. The molecule has 2 aromatic carbocycles. The van der Waals surface area contributed by atoms with E-state index in [2.05, 4.69) is 5.32 Å². The molecule has 1 heterocycles. The highest BCUT2D eigenvalue weighted by Crippen LogP contribution is 2.25. The molecule has 142 valence electrons. The van der Waals surface area contributed by atoms with E-state index in [1.807, 2.05) is 24.3 Å². The Labute approximate surface area is 168 Å². The second-order valence-electron chi connectivity index (χ2n) is 6.20. The van der Waals surface area contributed by atoms with Gasteiger partial charge in [-0.1, -0.05) is 11.6 Å². The molecule has 27 heavy (non-hydrogen) atoms. The lowest BCUT2D eigenvalue weighted by atomic mass is 10.1. The van der Waals surface area contributed by atoms with Crippen LogP contribution in [0.15, 0.2) is 47.4 Å². The number of hydrogen-bond acceptors (Lipinski definition) is 4. The number of anilines is 1. The molecule has 0 aliphatic carbocycles. The average Bonchev–Trinajstić information content (AvgIpc) is 3.22. The van der Waals surface area contributed by atoms with Gasteiger partial charge >= 0.3 is 0 Å². The van der Waals surface area contributed by atoms with Gasteiger partial charge in [0.2, 0.25) is 5.91 Å². The molecule has 1 aliphatic heterocycles. The third-order valence-corrected chi connectivity index (χ3v) is 5.56. The summed E-state index contributed by atoms with van der Waals surface area (Å²) in [6, 6.07) is 12.5. The van der Waals surface area contributed by atoms with Gasteiger partial charge in [-0.3, -0.25) is 9.59 Å². The van der Waals surface area contributed by atoms with Crippen molar-refractivity contribution in [2.75, 3.05) is 31.3 Å². The Morgan fingerprint density at radius 1 is 1.15 bits per heavy atom. The van der Waals surface area contributed by atoms with Crippen molar-refractivity contribution in [3.63, 3.8) is 0 Å². The maximum absolute atomic E-state index is 12.7. The first-order chi connectivity index (χ1) is 13.1. The Hall–Kier alpha value is -2.18. The molecule has 2 amide bonds. The number of carbonyl (C=O) groups excluding carboxylic acids is 2. The lowest BCUT2D eigenvalue weighted by Crippen LogP contribution is -2.29. The van der Waals surface area contributed by atoms with Crippen LogP contribution < -0.4 is 10.1 Å². The number of halogens is 1. The molecule has 0 radical (unpaired) electrons. The quantitative estimate of drug-likeness (QED) is 0.728. The topological polar surface area (TPSA) is 58.6 Å². The molecule has 1 aliphatic rings. The number of hydrogen-bond donors (Lipinski definition) is 1. The number of methoxy groups -OCH3 is 1. The van der Waals surface area contributed by atoms with Crippen LogP contribution in [0.2, 0.25) is 5.02 Å². The summed E-state index contributed by atoms with van der Waals surface area (Å²) in [5.74, 6) is 0.753. The number of likely N-dealkylation sites (tertiary alicyclic amines) is 1. The highest BCUT2D eigenvalue weighted by Gasteiger charge is 2.23. The summed E-state index contributed by atoms with van der Waals surface area (Å²) in [6.07, 6.45) is 2.01. The molecule has 1 saturated heterocycles. The largest absolute Gasteiger partial charge is 0.497 e. The van der Waals surface area contributed by atoms with E-state index < -0.39 is 0 Å². The third-order valence-electron chi connectivity index (χ3n) is 4.31. The van der Waals surface area contributed by atoms with Gasteiger partial charge in [-0.15, -0.1) is 11.8 Å². The van der Waals surface area contributed by atoms with Crippen LogP contribution in [0.3, 0.4) is 0 Å². The number of carbonyl (C=O) groups is 2. The zero-order valence-corrected chi connectivity index (χ0v) is 16.6. The molecule has 0 aromatic heterocycles. The van der Waals surface area contributed by atoms with Gasteiger partial charge in [0.15, 0.2) is 0 Å². The number of thioether (sulfide) groups is 1. The van der Waals surface area contributed by atoms with Gasteiger partial charge in [0.25, 0.3) is 5.91 Å². The van der Waals surface area contributed by atoms with Gasteiger partial charge in [0.1, 0.15) is 5.75 Å². The zero-order chi connectivity index (χ0) is 19.2. The van der Waals surface area contributed by atoms with Crippen molar-refractivity contribution in [3.05, 3.63) is 53.1 Å². The fraction of sp³-hybridized carbons (Fsp3) is 0.300. The maximum Gasteiger partial charge on any atom is 0.256 e. The van der Waals surface area contributed by atoms with Gasteiger partial charge < -0.3 is 15.0 Å². The number of nitrogens with one attached hydrogen (secondary N) is 1. The van der Waals surface area contributed by atoms with Crippen LogP contribution in [0.1, 0.15) is 23.2 Å². The Morgan fingerprint density at radius 2 is 1.85 bits per heavy atom. The maximum atomic E-state index is 12.7. The van der Waals surface area contributed by atoms with Gasteiger partial charge in [0.05, 0.1) is 24.1 Å². The molecule has 1 N–H and O–H groups in total. The minimum Gasteiger partial charge on any atom is -0.497 e. The van der Waals surface area contributed by atoms with E-state index >= 15 is 0 Å². The van der Waals surface area contributed by atoms with Crippen LogP contribution in [0.4, 0.5) is 5.69 Å². The van der Waals surface area contributed by atoms with Crippen LogP contribution >= 0.6 is 23.4 Å². The number of rotatable bonds is 6. The molecule has 0 unspecified atom stereocenters. The first kappa shape index (κ1) is 19.6. The monoisotopic (exact) mass is 404 g/mol. The fourth-order valence-electron chi connectivity index (χ4n) is 2.90. The summed E-state index contributed by atoms with van der Waals surface area (Å²) < 4.78 is 5.13. The van der Waals surface area contributed by atoms with E-state index in [4.69, 9.17) is 16.3 Å². The van der Waals surface area contributed by atoms with Gasteiger partial charge in [-0.25, -0.2) is 0 Å². The highest BCUT2D eigenvalue weighted by molar-refractivity contribution is 8.00. The Kier molecular flexibility index (Phi) is 6.63. The van der Waals surface area contributed by atoms with Crippen molar-refractivity contribution in [1.82, 2.24) is 4.90 Å². The molecule has 5 nitrogen and oxygen atoms in total. The predicted octanol–water partition coefficient (Wildman–Crippen LogP) is 4.32. The van der Waals surface area contributed by atoms with E-state index in [1.54, 1.807) is 30.2 Å². The smallest absolute Gasteiger partial charge is 0.256 e. The van der Waals surface area contributed by atoms with Crippen LogP contribution in [-0.4, -0.2) is 42.7 Å². The fourth-order valence-corrected chi connectivity index (χ4v) is 3.77. The lowest BCUT2D eigenvalue weighted by molar-refractivity contribution is -0.113. The summed E-state index contributed by atoms with van der Waals surface area (Å²) in [7, 11) is 1.61. The van der Waals surface area contributed by atoms with E-state index in [1.165, 1.54) is 11.8 Å². The van der Waals surface area contributed by atoms with Crippen molar-refractivity contribution < 1.29 is 14.3 Å². The zero-order valence-electron chi connectivity index (χ0n) is 15.0. The number of nitrogens with zero attached hydrogens (tertiary/aromatic N) is 1. The standard InChI is InChI=1S/C20H21ClN2O3S/c1-26-15-5-7-16(8-6-15)27-13-19(24)22-18-9-4-14(21)12-17(18)20(25)23-10-2-3-11-23/h4-9,12H,2-3,10-11,13H2,1H3,(H,22,24). The predicted molar refractivity (Wildman–Crippen MR) is 109 cm³/mol. The van der Waals surface area contributed by atoms with Gasteiger partial charge in [-0.2, -0.15) is 0 Å². The molecule has 1 fully saturated rings. The molecular formula is C20H21ClN2O3S. The van der Waals surface area contributed by atoms with Crippen LogP contribution in [-0.2, 0) is 4.79 Å². The minimum atomic E-state index is -0.173. The highest BCUT2D eigenvalue weighted by atomic mass is 35.5. The molecule has 0 saturated carbocycles. The SMILES string of the molecule is COc1ccc(SCC(=O)Nc2ccc(Cl)cc2C(=O)N2CCCC2)cc1. The van der Waals surface area contributed by atoms with E-state index in [9.17, 15) is 9.59 Å². The van der Waals surface area contributed by atoms with Crippen LogP contribution in [0, 0.1) is 0 Å². The number of ether oxygens (including phenoxy) is 1. The van der Waals surface area contributed by atoms with Crippen molar-refractivity contribution in [2.45, 2.75) is 17.7 Å². The molecular weight excluding hydrogens is 384 g/mol. The second kappa shape index (κ2) is 9.15. The number of amides is 2. The average molecular weight is 405 g/mol. The summed E-state index contributed by atoms with van der Waals surface area (Å²) >= 11 is 7.49. The Balaban J connectivity index is 1.65. The van der Waals surface area contributed by atoms with Gasteiger partial charge in [-0.05, 0) is 55.3 Å². The van der Waals surface area contributed by atoms with E-state index in [-0.39, 0.29) is 17.6 Å². The van der Waals surface area contributed by atoms with E-state index in [0.29, 0.717) is 16.3 Å². The second-order valence-corrected chi connectivity index (χ2v) is 7.69. The first-order valence-corrected chi connectivity index (χ1v) is 10.1. The summed E-state index contributed by atoms with van der Waals surface area (Å²) in [5.41, 5.74) is 0.934. The van der Waals surface area contributed by atoms with Crippen molar-refractivity contribution >= 4 is 40.9 Å². The first-order valence-electron chi connectivity index (χ1n) is 8.72. The van der Waals surface area contributed by atoms with Crippen molar-refractivity contribution in [3.8, 4) is 5.75 Å². The van der Waals surface area contributed by atoms with Crippen LogP contribution in [0.5, 0.6) is 5.75 Å². The molecule has 0 spiro atoms. The molecule has 0 atom stereocenters. The lowest BCUT2D eigenvalue weighted by Gasteiger charge is -2.18. The van der Waals surface area contributed by atoms with Crippen molar-refractivity contribution in [2.24, 2.45) is 0 Å². The summed E-state index contributed by atoms with van der Waals surface area (Å²) in [6.45, 7) is 1.48. The van der Waals surface area contributed by atoms with Gasteiger partial charge in [0, 0.05) is 23.0 Å². The molecule has 2 aromatic rings. The number of benzene rings is 2. The molecule has 3 rings (SSSR count).